The second-order valence-corrected chi connectivity index (χ2v) is 9.62. The van der Waals surface area contributed by atoms with E-state index in [1.54, 1.807) is 6.20 Å². The van der Waals surface area contributed by atoms with Crippen LogP contribution in [-0.4, -0.2) is 83.0 Å². The predicted molar refractivity (Wildman–Crippen MR) is 147 cm³/mol. The Hall–Kier alpha value is -3.78. The molecule has 11 N–H and O–H groups in total. The zero-order valence-electron chi connectivity index (χ0n) is 21.2. The van der Waals surface area contributed by atoms with E-state index in [1.165, 1.54) is 11.8 Å². The van der Waals surface area contributed by atoms with Crippen molar-refractivity contribution in [3.63, 3.8) is 0 Å². The number of guanidine groups is 1. The van der Waals surface area contributed by atoms with E-state index in [0.717, 1.165) is 16.5 Å². The molecular formula is C24H36N8O5S. The van der Waals surface area contributed by atoms with Crippen LogP contribution < -0.4 is 33.2 Å². The zero-order valence-corrected chi connectivity index (χ0v) is 22.1. The number of hydrogen-bond acceptors (Lipinski definition) is 7. The van der Waals surface area contributed by atoms with Gasteiger partial charge in [0.05, 0.1) is 12.6 Å². The highest BCUT2D eigenvalue weighted by Crippen LogP contribution is 2.18. The number of nitrogens with two attached hydrogens (primary N) is 3. The average Bonchev–Trinajstić information content (AvgIpc) is 3.28. The van der Waals surface area contributed by atoms with Gasteiger partial charge in [-0.05, 0) is 49.3 Å². The minimum Gasteiger partial charge on any atom is -0.480 e. The molecule has 0 saturated heterocycles. The van der Waals surface area contributed by atoms with Gasteiger partial charge in [0.1, 0.15) is 12.1 Å². The summed E-state index contributed by atoms with van der Waals surface area (Å²) in [4.78, 5) is 56.4. The summed E-state index contributed by atoms with van der Waals surface area (Å²) in [6.45, 7) is -0.191. The lowest BCUT2D eigenvalue weighted by Gasteiger charge is -2.21. The van der Waals surface area contributed by atoms with Gasteiger partial charge in [0.25, 0.3) is 0 Å². The molecule has 0 spiro atoms. The number of para-hydroxylation sites is 1. The van der Waals surface area contributed by atoms with Gasteiger partial charge in [-0.2, -0.15) is 11.8 Å². The molecule has 2 aromatic rings. The van der Waals surface area contributed by atoms with E-state index in [2.05, 4.69) is 25.9 Å². The maximum Gasteiger partial charge on any atom is 0.326 e. The molecule has 2 rings (SSSR count). The first-order valence-corrected chi connectivity index (χ1v) is 13.5. The van der Waals surface area contributed by atoms with Crippen LogP contribution in [0.2, 0.25) is 0 Å². The fourth-order valence-electron chi connectivity index (χ4n) is 3.71. The molecular weight excluding hydrogens is 512 g/mol. The number of carboxylic acid groups (broad SMARTS) is 1. The second-order valence-electron chi connectivity index (χ2n) is 8.64. The van der Waals surface area contributed by atoms with Crippen molar-refractivity contribution in [3.05, 3.63) is 36.0 Å². The Morgan fingerprint density at radius 1 is 1.08 bits per heavy atom. The standard InChI is InChI=1S/C24H36N8O5S/c1-38-10-8-19(23(36)37)32-22(35)18(7-4-9-28-24(26)27)31-20(33)13-30-21(34)16(25)11-14-12-29-17-6-3-2-5-15(14)17/h2-3,5-6,12,16,18-19,29H,4,7-11,13,25H2,1H3,(H,30,34)(H,31,33)(H,32,35)(H,36,37)(H4,26,27,28). The number of rotatable bonds is 16. The Labute approximate surface area is 224 Å². The highest BCUT2D eigenvalue weighted by molar-refractivity contribution is 7.98. The summed E-state index contributed by atoms with van der Waals surface area (Å²) in [5, 5.41) is 17.9. The average molecular weight is 549 g/mol. The number of hydrogen-bond donors (Lipinski definition) is 8. The summed E-state index contributed by atoms with van der Waals surface area (Å²) in [5.74, 6) is -2.56. The number of aliphatic carboxylic acids is 1. The number of carbonyl (C=O) groups is 4. The Morgan fingerprint density at radius 3 is 2.50 bits per heavy atom. The Bertz CT molecular complexity index is 1130. The van der Waals surface area contributed by atoms with Gasteiger partial charge in [-0.1, -0.05) is 18.2 Å². The first kappa shape index (κ1) is 30.4. The lowest BCUT2D eigenvalue weighted by atomic mass is 10.1. The van der Waals surface area contributed by atoms with Crippen LogP contribution in [0, 0.1) is 0 Å². The first-order chi connectivity index (χ1) is 18.1. The number of carboxylic acids is 1. The predicted octanol–water partition coefficient (Wildman–Crippen LogP) is -0.985. The molecule has 3 amide bonds. The molecule has 0 aliphatic rings. The number of thioether (sulfide) groups is 1. The third kappa shape index (κ3) is 9.94. The fraction of sp³-hybridized carbons (Fsp3) is 0.458. The van der Waals surface area contributed by atoms with Crippen molar-refractivity contribution in [1.29, 1.82) is 0 Å². The largest absolute Gasteiger partial charge is 0.480 e. The third-order valence-electron chi connectivity index (χ3n) is 5.70. The van der Waals surface area contributed by atoms with Crippen molar-refractivity contribution in [3.8, 4) is 0 Å². The zero-order chi connectivity index (χ0) is 28.1. The number of H-pyrrole nitrogens is 1. The topological polar surface area (TPSA) is 231 Å². The van der Waals surface area contributed by atoms with E-state index in [4.69, 9.17) is 17.2 Å². The van der Waals surface area contributed by atoms with Crippen LogP contribution in [0.25, 0.3) is 10.9 Å². The molecule has 3 unspecified atom stereocenters. The SMILES string of the molecule is CSCCC(NC(=O)C(CCCN=C(N)N)NC(=O)CNC(=O)C(N)Cc1c[nH]c2ccccc12)C(=O)O. The molecule has 0 fully saturated rings. The van der Waals surface area contributed by atoms with Gasteiger partial charge in [0.2, 0.25) is 17.7 Å². The Morgan fingerprint density at radius 2 is 1.82 bits per heavy atom. The van der Waals surface area contributed by atoms with Gasteiger partial charge in [0.15, 0.2) is 5.96 Å². The molecule has 0 aliphatic carbocycles. The number of fused-ring (bicyclic) bond motifs is 1. The van der Waals surface area contributed by atoms with Crippen LogP contribution in [-0.2, 0) is 25.6 Å². The molecule has 1 aromatic carbocycles. The lowest BCUT2D eigenvalue weighted by molar-refractivity contribution is -0.142. The number of aromatic amines is 1. The number of nitrogens with one attached hydrogen (secondary N) is 4. The number of amides is 3. The van der Waals surface area contributed by atoms with E-state index < -0.39 is 48.4 Å². The molecule has 1 aromatic heterocycles. The van der Waals surface area contributed by atoms with Crippen molar-refractivity contribution in [2.45, 2.75) is 43.8 Å². The molecule has 3 atom stereocenters. The van der Waals surface area contributed by atoms with E-state index in [9.17, 15) is 24.3 Å². The summed E-state index contributed by atoms with van der Waals surface area (Å²) in [5.41, 5.74) is 18.5. The summed E-state index contributed by atoms with van der Waals surface area (Å²) >= 11 is 1.45. The van der Waals surface area contributed by atoms with Crippen LogP contribution in [0.5, 0.6) is 0 Å². The van der Waals surface area contributed by atoms with Crippen molar-refractivity contribution in [2.75, 3.05) is 25.1 Å². The van der Waals surface area contributed by atoms with E-state index in [0.29, 0.717) is 12.2 Å². The van der Waals surface area contributed by atoms with Gasteiger partial charge >= 0.3 is 5.97 Å². The smallest absolute Gasteiger partial charge is 0.326 e. The van der Waals surface area contributed by atoms with Crippen molar-refractivity contribution >= 4 is 52.3 Å². The van der Waals surface area contributed by atoms with Crippen LogP contribution in [0.3, 0.4) is 0 Å². The fourth-order valence-corrected chi connectivity index (χ4v) is 4.18. The molecule has 38 heavy (non-hydrogen) atoms. The molecule has 0 aliphatic heterocycles. The van der Waals surface area contributed by atoms with E-state index in [-0.39, 0.29) is 31.8 Å². The molecule has 0 radical (unpaired) electrons. The van der Waals surface area contributed by atoms with Gasteiger partial charge in [-0.15, -0.1) is 0 Å². The summed E-state index contributed by atoms with van der Waals surface area (Å²) in [6, 6.07) is 4.58. The monoisotopic (exact) mass is 548 g/mol. The Kier molecular flexibility index (Phi) is 12.4. The van der Waals surface area contributed by atoms with E-state index in [1.807, 2.05) is 30.5 Å². The minimum atomic E-state index is -1.17. The maximum atomic E-state index is 12.8. The number of carbonyl (C=O) groups excluding carboxylic acids is 3. The normalized spacial score (nSPS) is 13.2. The first-order valence-electron chi connectivity index (χ1n) is 12.1. The van der Waals surface area contributed by atoms with Crippen LogP contribution in [0.1, 0.15) is 24.8 Å². The number of aliphatic imine (C=N–C) groups is 1. The number of nitrogens with zero attached hydrogens (tertiary/aromatic N) is 1. The molecule has 13 nitrogen and oxygen atoms in total. The van der Waals surface area contributed by atoms with Crippen LogP contribution in [0.4, 0.5) is 0 Å². The van der Waals surface area contributed by atoms with Crippen molar-refractivity contribution in [1.82, 2.24) is 20.9 Å². The second kappa shape index (κ2) is 15.5. The lowest BCUT2D eigenvalue weighted by Crippen LogP contribution is -2.54. The Balaban J connectivity index is 1.94. The quantitative estimate of drug-likeness (QED) is 0.0730. The van der Waals surface area contributed by atoms with Gasteiger partial charge in [0, 0.05) is 23.6 Å². The van der Waals surface area contributed by atoms with Gasteiger partial charge in [-0.25, -0.2) is 4.79 Å². The highest BCUT2D eigenvalue weighted by atomic mass is 32.2. The molecule has 0 saturated carbocycles. The molecule has 208 valence electrons. The van der Waals surface area contributed by atoms with E-state index >= 15 is 0 Å². The minimum absolute atomic E-state index is 0.107. The molecule has 14 heteroatoms. The van der Waals surface area contributed by atoms with Crippen LogP contribution in [0.15, 0.2) is 35.5 Å². The summed E-state index contributed by atoms with van der Waals surface area (Å²) in [7, 11) is 0. The van der Waals surface area contributed by atoms with Crippen molar-refractivity contribution in [2.24, 2.45) is 22.2 Å². The summed E-state index contributed by atoms with van der Waals surface area (Å²) < 4.78 is 0. The summed E-state index contributed by atoms with van der Waals surface area (Å²) in [6.07, 6.45) is 4.60. The molecule has 0 bridgehead atoms. The maximum absolute atomic E-state index is 12.8. The molecule has 1 heterocycles. The number of aromatic nitrogens is 1. The third-order valence-corrected chi connectivity index (χ3v) is 6.34. The number of benzene rings is 1. The van der Waals surface area contributed by atoms with Crippen LogP contribution >= 0.6 is 11.8 Å². The van der Waals surface area contributed by atoms with Gasteiger partial charge < -0.3 is 43.2 Å². The van der Waals surface area contributed by atoms with Crippen molar-refractivity contribution < 1.29 is 24.3 Å². The highest BCUT2D eigenvalue weighted by Gasteiger charge is 2.26. The van der Waals surface area contributed by atoms with Gasteiger partial charge in [-0.3, -0.25) is 19.4 Å².